The molecule has 0 radical (unpaired) electrons. The first-order valence-electron chi connectivity index (χ1n) is 9.71. The minimum absolute atomic E-state index is 0. The summed E-state index contributed by atoms with van der Waals surface area (Å²) in [5.74, 6) is 3.10. The molecule has 156 valence electrons. The fourth-order valence-corrected chi connectivity index (χ4v) is 3.55. The molecule has 4 aromatic rings. The summed E-state index contributed by atoms with van der Waals surface area (Å²) >= 11 is 0. The van der Waals surface area contributed by atoms with Crippen molar-refractivity contribution in [2.24, 2.45) is 0 Å². The topological polar surface area (TPSA) is 76.6 Å². The van der Waals surface area contributed by atoms with E-state index in [9.17, 15) is 0 Å². The average Bonchev–Trinajstić information content (AvgIpc) is 3.42. The Morgan fingerprint density at radius 2 is 2.00 bits per heavy atom. The normalized spacial score (nSPS) is 17.0. The van der Waals surface area contributed by atoms with Crippen LogP contribution >= 0.6 is 12.4 Å². The summed E-state index contributed by atoms with van der Waals surface area (Å²) in [5, 5.41) is 9.83. The van der Waals surface area contributed by atoms with Gasteiger partial charge in [0.15, 0.2) is 11.6 Å². The number of hydrogen-bond acceptors (Lipinski definition) is 7. The number of ether oxygens (including phenoxy) is 1. The van der Waals surface area contributed by atoms with Gasteiger partial charge < -0.3 is 19.0 Å². The summed E-state index contributed by atoms with van der Waals surface area (Å²) in [4.78, 5) is 6.74. The zero-order chi connectivity index (χ0) is 19.6. The third-order valence-corrected chi connectivity index (χ3v) is 5.23. The minimum Gasteiger partial charge on any atom is -0.486 e. The van der Waals surface area contributed by atoms with Crippen LogP contribution in [0.15, 0.2) is 63.5 Å². The van der Waals surface area contributed by atoms with E-state index in [1.165, 1.54) is 5.39 Å². The average molecular weight is 427 g/mol. The van der Waals surface area contributed by atoms with E-state index >= 15 is 0 Å². The lowest BCUT2D eigenvalue weighted by molar-refractivity contribution is 0.190. The molecule has 5 rings (SSSR count). The van der Waals surface area contributed by atoms with Gasteiger partial charge in [0.2, 0.25) is 0 Å². The van der Waals surface area contributed by atoms with Crippen molar-refractivity contribution in [2.45, 2.75) is 12.6 Å². The van der Waals surface area contributed by atoms with Crippen molar-refractivity contribution in [3.63, 3.8) is 0 Å². The molecule has 0 amide bonds. The molecule has 0 bridgehead atoms. The van der Waals surface area contributed by atoms with Crippen LogP contribution in [0.3, 0.4) is 0 Å². The Morgan fingerprint density at radius 1 is 1.13 bits per heavy atom. The predicted molar refractivity (Wildman–Crippen MR) is 116 cm³/mol. The van der Waals surface area contributed by atoms with Gasteiger partial charge >= 0.3 is 0 Å². The van der Waals surface area contributed by atoms with Crippen LogP contribution in [0.4, 0.5) is 0 Å². The van der Waals surface area contributed by atoms with E-state index in [0.717, 1.165) is 30.8 Å². The van der Waals surface area contributed by atoms with Crippen molar-refractivity contribution in [3.8, 4) is 17.4 Å². The van der Waals surface area contributed by atoms with Crippen LogP contribution in [0.1, 0.15) is 17.6 Å². The number of nitrogens with zero attached hydrogens (tertiary/aromatic N) is 3. The van der Waals surface area contributed by atoms with Crippen molar-refractivity contribution < 1.29 is 13.7 Å². The van der Waals surface area contributed by atoms with Crippen LogP contribution in [-0.2, 0) is 6.61 Å². The summed E-state index contributed by atoms with van der Waals surface area (Å²) < 4.78 is 17.2. The molecule has 1 aliphatic heterocycles. The predicted octanol–water partition coefficient (Wildman–Crippen LogP) is 4.06. The maximum atomic E-state index is 5.89. The van der Waals surface area contributed by atoms with Gasteiger partial charge in [-0.1, -0.05) is 35.5 Å². The second kappa shape index (κ2) is 8.87. The maximum absolute atomic E-state index is 5.89. The molecule has 0 spiro atoms. The van der Waals surface area contributed by atoms with E-state index in [1.807, 2.05) is 36.4 Å². The number of halogens is 1. The molecular weight excluding hydrogens is 404 g/mol. The van der Waals surface area contributed by atoms with Crippen LogP contribution < -0.4 is 10.1 Å². The molecule has 0 aliphatic carbocycles. The largest absolute Gasteiger partial charge is 0.486 e. The van der Waals surface area contributed by atoms with Crippen molar-refractivity contribution in [1.82, 2.24) is 20.4 Å². The Labute approximate surface area is 180 Å². The van der Waals surface area contributed by atoms with Gasteiger partial charge in [0, 0.05) is 19.6 Å². The fraction of sp³-hybridized carbons (Fsp3) is 0.273. The Morgan fingerprint density at radius 3 is 2.87 bits per heavy atom. The van der Waals surface area contributed by atoms with Crippen LogP contribution in [0, 0.1) is 0 Å². The summed E-state index contributed by atoms with van der Waals surface area (Å²) in [7, 11) is 2.07. The quantitative estimate of drug-likeness (QED) is 0.515. The number of rotatable bonds is 5. The van der Waals surface area contributed by atoms with E-state index in [0.29, 0.717) is 29.8 Å². The van der Waals surface area contributed by atoms with Crippen LogP contribution in [0.25, 0.3) is 22.4 Å². The highest BCUT2D eigenvalue weighted by Crippen LogP contribution is 2.26. The Kier molecular flexibility index (Phi) is 6.03. The highest BCUT2D eigenvalue weighted by Gasteiger charge is 2.26. The molecular formula is C22H23ClN4O3. The van der Waals surface area contributed by atoms with Gasteiger partial charge in [-0.3, -0.25) is 4.90 Å². The Bertz CT molecular complexity index is 1130. The monoisotopic (exact) mass is 426 g/mol. The fourth-order valence-electron chi connectivity index (χ4n) is 3.55. The number of aromatic nitrogens is 2. The van der Waals surface area contributed by atoms with Gasteiger partial charge in [0.1, 0.15) is 18.1 Å². The summed E-state index contributed by atoms with van der Waals surface area (Å²) in [6, 6.07) is 18.0. The van der Waals surface area contributed by atoms with Crippen molar-refractivity contribution in [2.75, 3.05) is 26.7 Å². The molecule has 2 aromatic carbocycles. The van der Waals surface area contributed by atoms with E-state index in [2.05, 4.69) is 45.6 Å². The lowest BCUT2D eigenvalue weighted by Gasteiger charge is -2.30. The van der Waals surface area contributed by atoms with Crippen LogP contribution in [0.2, 0.25) is 0 Å². The smallest absolute Gasteiger partial charge is 0.293 e. The second-order valence-corrected chi connectivity index (χ2v) is 7.22. The van der Waals surface area contributed by atoms with Gasteiger partial charge in [-0.05, 0) is 42.1 Å². The number of hydrogen-bond donors (Lipinski definition) is 1. The molecule has 1 atom stereocenters. The van der Waals surface area contributed by atoms with Gasteiger partial charge in [-0.25, -0.2) is 0 Å². The highest BCUT2D eigenvalue weighted by atomic mass is 35.5. The molecule has 8 heteroatoms. The van der Waals surface area contributed by atoms with Crippen molar-refractivity contribution in [1.29, 1.82) is 0 Å². The lowest BCUT2D eigenvalue weighted by Crippen LogP contribution is -2.44. The molecule has 1 saturated heterocycles. The number of furan rings is 1. The van der Waals surface area contributed by atoms with Gasteiger partial charge in [-0.2, -0.15) is 4.98 Å². The molecule has 1 N–H and O–H groups in total. The first-order valence-corrected chi connectivity index (χ1v) is 9.71. The Balaban J connectivity index is 0.00000218. The molecule has 30 heavy (non-hydrogen) atoms. The summed E-state index contributed by atoms with van der Waals surface area (Å²) in [6.45, 7) is 3.05. The van der Waals surface area contributed by atoms with E-state index < -0.39 is 0 Å². The van der Waals surface area contributed by atoms with E-state index in [1.54, 1.807) is 0 Å². The Hall–Kier alpha value is -2.87. The standard InChI is InChI=1S/C22H22N4O3.ClH/c1-26-11-10-23-13-19(26)21-24-22(29-25-21)20-9-8-18(28-20)14-27-17-7-6-15-4-2-3-5-16(15)12-17;/h2-9,12,19,23H,10-11,13-14H2,1H3;1H. The van der Waals surface area contributed by atoms with Crippen molar-refractivity contribution >= 4 is 23.2 Å². The zero-order valence-electron chi connectivity index (χ0n) is 16.6. The molecule has 3 heterocycles. The summed E-state index contributed by atoms with van der Waals surface area (Å²) in [5.41, 5.74) is 0. The third kappa shape index (κ3) is 4.18. The number of fused-ring (bicyclic) bond motifs is 1. The summed E-state index contributed by atoms with van der Waals surface area (Å²) in [6.07, 6.45) is 0. The van der Waals surface area contributed by atoms with Crippen LogP contribution in [0.5, 0.6) is 5.75 Å². The number of benzene rings is 2. The zero-order valence-corrected chi connectivity index (χ0v) is 17.4. The maximum Gasteiger partial charge on any atom is 0.293 e. The number of piperazine rings is 1. The number of likely N-dealkylation sites (N-methyl/N-ethyl adjacent to an activating group) is 1. The minimum atomic E-state index is 0. The second-order valence-electron chi connectivity index (χ2n) is 7.22. The first-order chi connectivity index (χ1) is 14.3. The van der Waals surface area contributed by atoms with E-state index in [-0.39, 0.29) is 18.4 Å². The number of nitrogens with one attached hydrogen (secondary N) is 1. The molecule has 1 aliphatic rings. The molecule has 0 saturated carbocycles. The van der Waals surface area contributed by atoms with Crippen molar-refractivity contribution in [3.05, 3.63) is 66.2 Å². The SMILES string of the molecule is CN1CCNCC1c1noc(-c2ccc(COc3ccc4ccccc4c3)o2)n1.Cl. The molecule has 7 nitrogen and oxygen atoms in total. The van der Waals surface area contributed by atoms with Gasteiger partial charge in [-0.15, -0.1) is 12.4 Å². The van der Waals surface area contributed by atoms with Crippen LogP contribution in [-0.4, -0.2) is 41.7 Å². The van der Waals surface area contributed by atoms with Gasteiger partial charge in [0.05, 0.1) is 6.04 Å². The molecule has 1 fully saturated rings. The highest BCUT2D eigenvalue weighted by molar-refractivity contribution is 5.85. The first kappa shape index (κ1) is 20.4. The third-order valence-electron chi connectivity index (χ3n) is 5.23. The van der Waals surface area contributed by atoms with E-state index in [4.69, 9.17) is 13.7 Å². The molecule has 2 aromatic heterocycles. The van der Waals surface area contributed by atoms with Gasteiger partial charge in [0.25, 0.3) is 5.89 Å². The molecule has 1 unspecified atom stereocenters. The lowest BCUT2D eigenvalue weighted by atomic mass is 10.1.